The summed E-state index contributed by atoms with van der Waals surface area (Å²) in [5.41, 5.74) is 28.1. The molecule has 0 spiro atoms. The maximum Gasteiger partial charge on any atom is 0.326 e. The van der Waals surface area contributed by atoms with E-state index in [4.69, 9.17) is 50.0 Å². The molecule has 12 unspecified atom stereocenters. The monoisotopic (exact) mass is 1870 g/mol. The van der Waals surface area contributed by atoms with Crippen LogP contribution in [0, 0.1) is 45.8 Å². The van der Waals surface area contributed by atoms with Crippen molar-refractivity contribution in [3.8, 4) is 0 Å². The summed E-state index contributed by atoms with van der Waals surface area (Å²) in [7, 11) is 0. The van der Waals surface area contributed by atoms with Gasteiger partial charge in [-0.25, -0.2) is 4.79 Å². The van der Waals surface area contributed by atoms with E-state index >= 15 is 4.79 Å². The van der Waals surface area contributed by atoms with E-state index in [1.807, 2.05) is 6.92 Å². The highest BCUT2D eigenvalue weighted by Gasteiger charge is 2.45. The van der Waals surface area contributed by atoms with E-state index in [0.29, 0.717) is 51.5 Å². The third-order valence-corrected chi connectivity index (χ3v) is 23.2. The van der Waals surface area contributed by atoms with Crippen molar-refractivity contribution in [2.24, 2.45) is 58.3 Å². The Bertz CT molecular complexity index is 3870. The number of nitrogens with zero attached hydrogens (tertiary/aromatic N) is 2. The fourth-order valence-corrected chi connectivity index (χ4v) is 15.7. The van der Waals surface area contributed by atoms with E-state index in [2.05, 4.69) is 85.1 Å². The van der Waals surface area contributed by atoms with E-state index in [1.54, 1.807) is 48.5 Å². The Hall–Kier alpha value is -11.4. The minimum absolute atomic E-state index is 0.00944. The highest BCUT2D eigenvalue weighted by molar-refractivity contribution is 6.01. The van der Waals surface area contributed by atoms with Gasteiger partial charge in [-0.05, 0) is 172 Å². The molecule has 0 aromatic heterocycles. The molecule has 0 radical (unpaired) electrons. The second-order valence-corrected chi connectivity index (χ2v) is 35.9. The van der Waals surface area contributed by atoms with E-state index in [-0.39, 0.29) is 152 Å². The van der Waals surface area contributed by atoms with Crippen molar-refractivity contribution >= 4 is 118 Å². The molecular weight excluding hydrogens is 1720 g/mol. The van der Waals surface area contributed by atoms with E-state index < -0.39 is 234 Å². The normalized spacial score (nSPS) is 18.1. The fraction of sp³-hybridized carbons (Fsp3) is 0.765. The maximum atomic E-state index is 15.0. The van der Waals surface area contributed by atoms with Gasteiger partial charge >= 0.3 is 11.9 Å². The van der Waals surface area contributed by atoms with Crippen LogP contribution in [0.2, 0.25) is 0 Å². The van der Waals surface area contributed by atoms with Crippen LogP contribution in [0.3, 0.4) is 0 Å². The minimum atomic E-state index is -1.93. The number of guanidine groups is 3. The predicted octanol–water partition coefficient (Wildman–Crippen LogP) is -4.97. The van der Waals surface area contributed by atoms with Crippen LogP contribution in [0.1, 0.15) is 237 Å². The molecule has 3 aliphatic rings. The molecule has 0 aromatic carbocycles. The van der Waals surface area contributed by atoms with Crippen molar-refractivity contribution in [1.29, 1.82) is 16.2 Å². The van der Waals surface area contributed by atoms with Gasteiger partial charge in [-0.1, -0.05) is 93.9 Å². The van der Waals surface area contributed by atoms with E-state index in [9.17, 15) is 92.0 Å². The summed E-state index contributed by atoms with van der Waals surface area (Å²) in [6.45, 7) is 17.1. The van der Waals surface area contributed by atoms with Crippen LogP contribution in [0.25, 0.3) is 0 Å². The van der Waals surface area contributed by atoms with Gasteiger partial charge < -0.3 is 144 Å². The first-order valence-corrected chi connectivity index (χ1v) is 46.1. The summed E-state index contributed by atoms with van der Waals surface area (Å²) in [6, 6.07) is -22.4. The highest BCUT2D eigenvalue weighted by Crippen LogP contribution is 2.29. The van der Waals surface area contributed by atoms with Crippen LogP contribution in [0.4, 0.5) is 0 Å². The molecule has 0 aromatic rings. The second kappa shape index (κ2) is 59.2. The predicted molar refractivity (Wildman–Crippen MR) is 487 cm³/mol. The van der Waals surface area contributed by atoms with Crippen molar-refractivity contribution in [3.05, 3.63) is 0 Å². The molecule has 15 amide bonds. The summed E-state index contributed by atoms with van der Waals surface area (Å²) in [5.74, 6) is -18.3. The first-order valence-electron chi connectivity index (χ1n) is 46.1. The summed E-state index contributed by atoms with van der Waals surface area (Å²) in [6.07, 6.45) is 3.94. The van der Waals surface area contributed by atoms with E-state index in [1.165, 1.54) is 23.6 Å². The van der Waals surface area contributed by atoms with Gasteiger partial charge in [0, 0.05) is 39.1 Å². The quantitative estimate of drug-likeness (QED) is 0.0154. The number of carboxylic acids is 2. The Morgan fingerprint density at radius 3 is 1.20 bits per heavy atom. The number of rotatable bonds is 60. The van der Waals surface area contributed by atoms with Gasteiger partial charge in [0.2, 0.25) is 88.6 Å². The first kappa shape index (κ1) is 115. The lowest BCUT2D eigenvalue weighted by atomic mass is 9.84. The molecule has 132 heavy (non-hydrogen) atoms. The Morgan fingerprint density at radius 1 is 0.394 bits per heavy atom. The van der Waals surface area contributed by atoms with Crippen LogP contribution < -0.4 is 114 Å². The Balaban J connectivity index is 1.91. The fourth-order valence-electron chi connectivity index (χ4n) is 15.7. The molecule has 47 nitrogen and oxygen atoms in total. The Morgan fingerprint density at radius 2 is 0.773 bits per heavy atom. The molecule has 3 rings (SSSR count). The van der Waals surface area contributed by atoms with Crippen LogP contribution in [0.15, 0.2) is 0 Å². The number of nitrogens with two attached hydrogens (primary N) is 5. The van der Waals surface area contributed by atoms with Gasteiger partial charge in [-0.3, -0.25) is 92.9 Å². The number of aliphatic hydroxyl groups excluding tert-OH is 2. The van der Waals surface area contributed by atoms with Crippen molar-refractivity contribution in [2.75, 3.05) is 45.9 Å². The lowest BCUT2D eigenvalue weighted by Gasteiger charge is -2.34. The smallest absolute Gasteiger partial charge is 0.326 e. The zero-order valence-corrected chi connectivity index (χ0v) is 78.3. The number of carboxylic acid groups (broad SMARTS) is 2. The third-order valence-electron chi connectivity index (χ3n) is 23.2. The molecule has 2 heterocycles. The summed E-state index contributed by atoms with van der Waals surface area (Å²) in [4.78, 5) is 241. The molecule has 1 aliphatic carbocycles. The zero-order valence-electron chi connectivity index (χ0n) is 78.3. The summed E-state index contributed by atoms with van der Waals surface area (Å²) < 4.78 is 0. The molecule has 47 heteroatoms. The van der Waals surface area contributed by atoms with Crippen LogP contribution >= 0.6 is 0 Å². The first-order chi connectivity index (χ1) is 62.1. The molecule has 0 bridgehead atoms. The molecule has 2 aliphatic heterocycles. The van der Waals surface area contributed by atoms with Gasteiger partial charge in [0.1, 0.15) is 90.6 Å². The third kappa shape index (κ3) is 41.2. The molecule has 2 saturated heterocycles. The number of nitrogens with one attached hydrogen (secondary N) is 19. The summed E-state index contributed by atoms with van der Waals surface area (Å²) in [5, 5.41) is 106. The molecule has 1 saturated carbocycles. The van der Waals surface area contributed by atoms with E-state index in [0.717, 1.165) is 26.2 Å². The number of hydrogen-bond donors (Lipinski definition) is 28. The number of carbonyl (C=O) groups is 17. The lowest BCUT2D eigenvalue weighted by molar-refractivity contribution is -0.145. The number of aliphatic hydroxyl groups is 2. The van der Waals surface area contributed by atoms with Gasteiger partial charge in [-0.2, -0.15) is 0 Å². The molecule has 18 atom stereocenters. The second-order valence-electron chi connectivity index (χ2n) is 35.9. The SMILES string of the molecule is CCC(C)C(NC(=O)[C@H](CC1CCCCC1)NC(=O)C(CCCNC(=N)N)NC(=O)[C@H](CC(C)C)NC(=O)C(CCCNC(=N)N)NC(=O)[C@H](CO)NC(=O)C(NC(=O)C(CC(C)C)NC(=O)C(CC(C)C)NC(=O)[C@H](C)NC(=O)C1CCCN1C(=O)[C@H](CCCNC(=N)N)NC(=O)C(C)NC(=O)C(N)CCC(=O)O)C(C)O)C(=O)N1CCC[C@H]1C(=O)NC(CCCCN)C(=O)O. The number of likely N-dealkylation sites (tertiary alicyclic amines) is 2. The van der Waals surface area contributed by atoms with Gasteiger partial charge in [0.25, 0.3) is 0 Å². The Labute approximate surface area is 771 Å². The van der Waals surface area contributed by atoms with Gasteiger partial charge in [0.05, 0.1) is 18.8 Å². The van der Waals surface area contributed by atoms with Crippen LogP contribution in [-0.2, 0) is 81.5 Å². The number of aliphatic carboxylic acids is 2. The van der Waals surface area contributed by atoms with Gasteiger partial charge in [-0.15, -0.1) is 0 Å². The molecule has 33 N–H and O–H groups in total. The molecular formula is C85H152N26O21. The number of unbranched alkanes of at least 4 members (excludes halogenated alkanes) is 1. The number of hydrogen-bond acceptors (Lipinski definition) is 24. The van der Waals surface area contributed by atoms with Crippen LogP contribution in [0.5, 0.6) is 0 Å². The molecule has 748 valence electrons. The molecule has 3 fully saturated rings. The number of carbonyl (C=O) groups excluding carboxylic acids is 15. The van der Waals surface area contributed by atoms with Crippen molar-refractivity contribution in [2.45, 2.75) is 339 Å². The largest absolute Gasteiger partial charge is 0.481 e. The van der Waals surface area contributed by atoms with Crippen molar-refractivity contribution in [1.82, 2.24) is 94.9 Å². The zero-order chi connectivity index (χ0) is 99.3. The highest BCUT2D eigenvalue weighted by atomic mass is 16.4. The topological polar surface area (TPSA) is 772 Å². The Kier molecular flexibility index (Phi) is 51.5. The lowest BCUT2D eigenvalue weighted by Crippen LogP contribution is -2.62. The van der Waals surface area contributed by atoms with Gasteiger partial charge in [0.15, 0.2) is 17.9 Å². The number of amides is 15. The van der Waals surface area contributed by atoms with Crippen LogP contribution in [-0.4, -0.2) is 297 Å². The average Bonchev–Trinajstić information content (AvgIpc) is 1.65. The summed E-state index contributed by atoms with van der Waals surface area (Å²) >= 11 is 0. The van der Waals surface area contributed by atoms with Crippen molar-refractivity contribution < 1.29 is 102 Å². The average molecular weight is 1870 g/mol. The standard InChI is InChI=1S/C85H152N26O21/c1-12-47(8)65(81(130)111-38-22-30-63(111)78(127)102-56(82(131)132)25-16-17-33-86)108-75(124)60(42-51-23-14-13-15-24-51)106-71(120)53(26-18-34-94-83(88)89)99-72(121)58(40-45(4)5)104-70(119)54(27-19-35-95-84(90)91)100-76(125)61(43-112)107-79(128)66(50(11)113)109-74(123)59(41-46(6)7)105-73(122)57(39-44(2)3)103-68(117)49(10)98-77(126)62-29-21-37-110(62)80(129)55(28-20-36-96-85(92)93)101-67(116)48(9)97-69(118)52(87)31-32-64(114)115/h44-63,65-66,112-113H,12-43,86-87H2,1-11H3,(H,97,118)(H,98,126)(H,99,121)(H,100,125)(H,101,116)(H,102,127)(H,103,117)(H,104,119)(H,105,122)(H,106,120)(H,107,128)(H,108,124)(H,109,123)(H,114,115)(H,131,132)(H4,88,89,94)(H4,90,91,95)(H4,92,93,96)/t47?,48?,49-,50?,52?,53?,54?,55-,56?,57?,58-,59?,60-,61-,62?,63-,65?,66?/m0/s1. The minimum Gasteiger partial charge on any atom is -0.481 e. The maximum absolute atomic E-state index is 15.0. The van der Waals surface area contributed by atoms with Crippen molar-refractivity contribution in [3.63, 3.8) is 0 Å².